The van der Waals surface area contributed by atoms with Crippen LogP contribution in [-0.2, 0) is 4.79 Å². The van der Waals surface area contributed by atoms with Crippen molar-refractivity contribution in [2.45, 2.75) is 24.8 Å². The van der Waals surface area contributed by atoms with E-state index in [0.717, 1.165) is 31.1 Å². The largest absolute Gasteiger partial charge is 0.353 e. The van der Waals surface area contributed by atoms with Gasteiger partial charge in [0.2, 0.25) is 5.91 Å². The minimum atomic E-state index is -0.000897. The summed E-state index contributed by atoms with van der Waals surface area (Å²) >= 11 is 1.43. The van der Waals surface area contributed by atoms with E-state index in [-0.39, 0.29) is 17.9 Å². The molecule has 130 valence electrons. The number of hydrogen-bond acceptors (Lipinski definition) is 4. The first-order valence-electron chi connectivity index (χ1n) is 8.55. The fourth-order valence-electron chi connectivity index (χ4n) is 3.47. The average molecular weight is 347 g/mol. The van der Waals surface area contributed by atoms with Crippen LogP contribution >= 0.6 is 11.8 Å². The molecule has 24 heavy (non-hydrogen) atoms. The van der Waals surface area contributed by atoms with Gasteiger partial charge in [-0.1, -0.05) is 12.1 Å². The molecule has 5 nitrogen and oxygen atoms in total. The van der Waals surface area contributed by atoms with Crippen molar-refractivity contribution in [3.05, 3.63) is 29.8 Å². The topological polar surface area (TPSA) is 61.4 Å². The molecule has 0 saturated carbocycles. The normalized spacial score (nSPS) is 22.7. The highest BCUT2D eigenvalue weighted by Gasteiger charge is 2.38. The standard InChI is InChI=1S/C18H25N3O2S/c1-12(2)20-17(22)11-24-16-6-4-3-5-15(16)18(23)21-9-13-7-19-8-14(13)10-21/h3-6,12-14,19H,7-11H2,1-2H3,(H,20,22)/t13-,14+. The Balaban J connectivity index is 1.65. The van der Waals surface area contributed by atoms with Gasteiger partial charge in [-0.2, -0.15) is 0 Å². The molecule has 2 atom stereocenters. The zero-order valence-corrected chi connectivity index (χ0v) is 15.1. The third-order valence-corrected chi connectivity index (χ3v) is 5.68. The summed E-state index contributed by atoms with van der Waals surface area (Å²) in [6, 6.07) is 7.75. The third-order valence-electron chi connectivity index (χ3n) is 4.60. The number of benzene rings is 1. The molecule has 0 aromatic heterocycles. The number of rotatable bonds is 5. The zero-order valence-electron chi connectivity index (χ0n) is 14.2. The summed E-state index contributed by atoms with van der Waals surface area (Å²) in [7, 11) is 0. The second-order valence-corrected chi connectivity index (χ2v) is 7.91. The van der Waals surface area contributed by atoms with Crippen LogP contribution in [0.15, 0.2) is 29.2 Å². The number of fused-ring (bicyclic) bond motifs is 1. The van der Waals surface area contributed by atoms with Crippen LogP contribution in [0.25, 0.3) is 0 Å². The number of nitrogens with zero attached hydrogens (tertiary/aromatic N) is 1. The van der Waals surface area contributed by atoms with Crippen molar-refractivity contribution in [1.82, 2.24) is 15.5 Å². The van der Waals surface area contributed by atoms with Gasteiger partial charge in [-0.05, 0) is 37.8 Å². The van der Waals surface area contributed by atoms with Crippen molar-refractivity contribution in [2.24, 2.45) is 11.8 Å². The molecule has 2 aliphatic rings. The van der Waals surface area contributed by atoms with Gasteiger partial charge in [0.25, 0.3) is 5.91 Å². The predicted octanol–water partition coefficient (Wildman–Crippen LogP) is 1.59. The number of nitrogens with one attached hydrogen (secondary N) is 2. The van der Waals surface area contributed by atoms with Crippen molar-refractivity contribution in [1.29, 1.82) is 0 Å². The molecule has 0 unspecified atom stereocenters. The van der Waals surface area contributed by atoms with E-state index < -0.39 is 0 Å². The van der Waals surface area contributed by atoms with E-state index in [1.165, 1.54) is 11.8 Å². The Morgan fingerprint density at radius 2 is 1.92 bits per heavy atom. The summed E-state index contributed by atoms with van der Waals surface area (Å²) in [4.78, 5) is 27.6. The maximum atomic E-state index is 12.9. The molecule has 0 radical (unpaired) electrons. The van der Waals surface area contributed by atoms with Crippen LogP contribution in [0.2, 0.25) is 0 Å². The summed E-state index contributed by atoms with van der Waals surface area (Å²) in [5.41, 5.74) is 0.716. The van der Waals surface area contributed by atoms with E-state index in [1.807, 2.05) is 43.0 Å². The number of thioether (sulfide) groups is 1. The van der Waals surface area contributed by atoms with E-state index in [4.69, 9.17) is 0 Å². The van der Waals surface area contributed by atoms with Crippen molar-refractivity contribution < 1.29 is 9.59 Å². The molecule has 2 aliphatic heterocycles. The van der Waals surface area contributed by atoms with E-state index in [2.05, 4.69) is 10.6 Å². The molecule has 0 aliphatic carbocycles. The molecular weight excluding hydrogens is 322 g/mol. The first kappa shape index (κ1) is 17.3. The fourth-order valence-corrected chi connectivity index (χ4v) is 4.32. The Labute approximate surface area is 147 Å². The monoisotopic (exact) mass is 347 g/mol. The lowest BCUT2D eigenvalue weighted by atomic mass is 10.0. The van der Waals surface area contributed by atoms with E-state index in [0.29, 0.717) is 23.2 Å². The van der Waals surface area contributed by atoms with Gasteiger partial charge in [0.05, 0.1) is 11.3 Å². The summed E-state index contributed by atoms with van der Waals surface area (Å²) < 4.78 is 0. The molecule has 2 amide bonds. The molecule has 0 spiro atoms. The maximum absolute atomic E-state index is 12.9. The molecule has 6 heteroatoms. The lowest BCUT2D eigenvalue weighted by Crippen LogP contribution is -2.32. The van der Waals surface area contributed by atoms with Gasteiger partial charge in [-0.3, -0.25) is 9.59 Å². The Morgan fingerprint density at radius 1 is 1.25 bits per heavy atom. The van der Waals surface area contributed by atoms with Crippen molar-refractivity contribution in [3.8, 4) is 0 Å². The molecule has 3 rings (SSSR count). The average Bonchev–Trinajstić information content (AvgIpc) is 3.13. The Bertz CT molecular complexity index is 608. The molecule has 2 N–H and O–H groups in total. The summed E-state index contributed by atoms with van der Waals surface area (Å²) in [5, 5.41) is 6.28. The quantitative estimate of drug-likeness (QED) is 0.794. The van der Waals surface area contributed by atoms with Crippen LogP contribution in [-0.4, -0.2) is 54.7 Å². The third kappa shape index (κ3) is 3.92. The lowest BCUT2D eigenvalue weighted by Gasteiger charge is -2.19. The minimum absolute atomic E-state index is 0.000897. The summed E-state index contributed by atoms with van der Waals surface area (Å²) in [6.45, 7) is 7.59. The minimum Gasteiger partial charge on any atom is -0.353 e. The molecule has 2 fully saturated rings. The number of hydrogen-bond donors (Lipinski definition) is 2. The van der Waals surface area contributed by atoms with Gasteiger partial charge in [-0.25, -0.2) is 0 Å². The highest BCUT2D eigenvalue weighted by Crippen LogP contribution is 2.30. The Morgan fingerprint density at radius 3 is 2.58 bits per heavy atom. The molecular formula is C18H25N3O2S. The van der Waals surface area contributed by atoms with E-state index >= 15 is 0 Å². The Kier molecular flexibility index (Phi) is 5.46. The second kappa shape index (κ2) is 7.57. The molecule has 2 saturated heterocycles. The van der Waals surface area contributed by atoms with Crippen molar-refractivity contribution in [2.75, 3.05) is 31.9 Å². The van der Waals surface area contributed by atoms with Gasteiger partial charge in [-0.15, -0.1) is 11.8 Å². The molecule has 1 aromatic carbocycles. The van der Waals surface area contributed by atoms with Gasteiger partial charge >= 0.3 is 0 Å². The van der Waals surface area contributed by atoms with Gasteiger partial charge in [0, 0.05) is 37.1 Å². The summed E-state index contributed by atoms with van der Waals surface area (Å²) in [6.07, 6.45) is 0. The van der Waals surface area contributed by atoms with Crippen LogP contribution in [0.4, 0.5) is 0 Å². The Hall–Kier alpha value is -1.53. The summed E-state index contributed by atoms with van der Waals surface area (Å²) in [5.74, 6) is 1.60. The van der Waals surface area contributed by atoms with Crippen molar-refractivity contribution >= 4 is 23.6 Å². The number of likely N-dealkylation sites (tertiary alicyclic amines) is 1. The SMILES string of the molecule is CC(C)NC(=O)CSc1ccccc1C(=O)N1C[C@H]2CNC[C@H]2C1. The zero-order chi connectivity index (χ0) is 17.1. The van der Waals surface area contributed by atoms with Crippen LogP contribution in [0.1, 0.15) is 24.2 Å². The van der Waals surface area contributed by atoms with Crippen molar-refractivity contribution in [3.63, 3.8) is 0 Å². The number of carbonyl (C=O) groups is 2. The van der Waals surface area contributed by atoms with Crippen LogP contribution < -0.4 is 10.6 Å². The lowest BCUT2D eigenvalue weighted by molar-refractivity contribution is -0.119. The first-order chi connectivity index (χ1) is 11.5. The molecule has 1 aromatic rings. The molecule has 2 heterocycles. The van der Waals surface area contributed by atoms with E-state index in [9.17, 15) is 9.59 Å². The highest BCUT2D eigenvalue weighted by molar-refractivity contribution is 8.00. The number of carbonyl (C=O) groups excluding carboxylic acids is 2. The van der Waals surface area contributed by atoms with E-state index in [1.54, 1.807) is 0 Å². The maximum Gasteiger partial charge on any atom is 0.255 e. The number of amides is 2. The first-order valence-corrected chi connectivity index (χ1v) is 9.54. The molecule has 0 bridgehead atoms. The smallest absolute Gasteiger partial charge is 0.255 e. The van der Waals surface area contributed by atoms with Crippen LogP contribution in [0.3, 0.4) is 0 Å². The highest BCUT2D eigenvalue weighted by atomic mass is 32.2. The van der Waals surface area contributed by atoms with Gasteiger partial charge in [0.15, 0.2) is 0 Å². The van der Waals surface area contributed by atoms with Crippen LogP contribution in [0.5, 0.6) is 0 Å². The fraction of sp³-hybridized carbons (Fsp3) is 0.556. The van der Waals surface area contributed by atoms with Gasteiger partial charge in [0.1, 0.15) is 0 Å². The van der Waals surface area contributed by atoms with Crippen LogP contribution in [0, 0.1) is 11.8 Å². The van der Waals surface area contributed by atoms with Gasteiger partial charge < -0.3 is 15.5 Å². The predicted molar refractivity (Wildman–Crippen MR) is 96.2 cm³/mol. The second-order valence-electron chi connectivity index (χ2n) is 6.90.